The molecule has 0 rings (SSSR count). The summed E-state index contributed by atoms with van der Waals surface area (Å²) in [6, 6.07) is 3.45. The van der Waals surface area contributed by atoms with Crippen molar-refractivity contribution in [2.45, 2.75) is 45.0 Å². The third-order valence-corrected chi connectivity index (χ3v) is 7.55. The minimum atomic E-state index is -1.41. The van der Waals surface area contributed by atoms with Crippen LogP contribution in [-0.2, 0) is 0 Å². The van der Waals surface area contributed by atoms with Gasteiger partial charge in [-0.15, -0.1) is 5.54 Å². The Kier molecular flexibility index (Phi) is 7.16. The summed E-state index contributed by atoms with van der Waals surface area (Å²) >= 11 is 0. The molecule has 3 heteroatoms. The summed E-state index contributed by atoms with van der Waals surface area (Å²) in [5.41, 5.74) is 3.28. The van der Waals surface area contributed by atoms with E-state index in [2.05, 4.69) is 44.1 Å². The Bertz CT molecular complexity index is 278. The van der Waals surface area contributed by atoms with Gasteiger partial charge in [-0.05, 0) is 30.0 Å². The lowest BCUT2D eigenvalue weighted by Crippen LogP contribution is -2.29. The monoisotopic (exact) mass is 224 g/mol. The summed E-state index contributed by atoms with van der Waals surface area (Å²) < 4.78 is 0. The Hall–Kier alpha value is -0.743. The van der Waals surface area contributed by atoms with E-state index in [9.17, 15) is 0 Å². The van der Waals surface area contributed by atoms with Gasteiger partial charge in [-0.2, -0.15) is 0 Å². The van der Waals surface area contributed by atoms with E-state index in [0.717, 1.165) is 18.1 Å². The van der Waals surface area contributed by atoms with Crippen molar-refractivity contribution < 1.29 is 10.2 Å². The SMILES string of the molecule is CC[Si](C#CC#C[C@H](O)CO)(CC)CC. The van der Waals surface area contributed by atoms with Crippen molar-refractivity contribution in [3.8, 4) is 23.3 Å². The van der Waals surface area contributed by atoms with E-state index in [0.29, 0.717) is 0 Å². The maximum Gasteiger partial charge on any atom is 0.139 e. The molecule has 0 bridgehead atoms. The second kappa shape index (κ2) is 7.54. The van der Waals surface area contributed by atoms with Crippen molar-refractivity contribution in [2.75, 3.05) is 6.61 Å². The summed E-state index contributed by atoms with van der Waals surface area (Å²) in [5.74, 6) is 7.91. The van der Waals surface area contributed by atoms with Crippen LogP contribution in [0.25, 0.3) is 0 Å². The van der Waals surface area contributed by atoms with E-state index in [1.165, 1.54) is 0 Å². The number of hydrogen-bond acceptors (Lipinski definition) is 2. The fourth-order valence-electron chi connectivity index (χ4n) is 1.34. The van der Waals surface area contributed by atoms with E-state index >= 15 is 0 Å². The molecule has 0 aliphatic rings. The van der Waals surface area contributed by atoms with Gasteiger partial charge in [0.1, 0.15) is 14.2 Å². The van der Waals surface area contributed by atoms with Crippen LogP contribution >= 0.6 is 0 Å². The summed E-state index contributed by atoms with van der Waals surface area (Å²) in [6.45, 7) is 6.23. The molecule has 0 aliphatic carbocycles. The van der Waals surface area contributed by atoms with Gasteiger partial charge in [0.25, 0.3) is 0 Å². The maximum atomic E-state index is 8.98. The van der Waals surface area contributed by atoms with E-state index in [4.69, 9.17) is 10.2 Å². The van der Waals surface area contributed by atoms with Crippen molar-refractivity contribution in [1.82, 2.24) is 0 Å². The van der Waals surface area contributed by atoms with E-state index in [-0.39, 0.29) is 6.61 Å². The zero-order valence-corrected chi connectivity index (χ0v) is 10.8. The van der Waals surface area contributed by atoms with Gasteiger partial charge in [0.15, 0.2) is 0 Å². The molecule has 0 saturated heterocycles. The fourth-order valence-corrected chi connectivity index (χ4v) is 3.70. The molecular formula is C12H20O2Si. The van der Waals surface area contributed by atoms with Crippen LogP contribution in [0.5, 0.6) is 0 Å². The summed E-state index contributed by atoms with van der Waals surface area (Å²) in [4.78, 5) is 0. The first-order valence-corrected chi connectivity index (χ1v) is 8.07. The average Bonchev–Trinajstić information content (AvgIpc) is 2.30. The molecule has 0 aromatic carbocycles. The molecule has 0 aromatic rings. The van der Waals surface area contributed by atoms with Crippen molar-refractivity contribution in [2.24, 2.45) is 0 Å². The maximum absolute atomic E-state index is 8.98. The van der Waals surface area contributed by atoms with Gasteiger partial charge < -0.3 is 10.2 Å². The Labute approximate surface area is 93.7 Å². The number of hydrogen-bond donors (Lipinski definition) is 2. The first-order valence-electron chi connectivity index (χ1n) is 5.45. The molecule has 0 aromatic heterocycles. The first kappa shape index (κ1) is 14.3. The molecule has 2 nitrogen and oxygen atoms in total. The van der Waals surface area contributed by atoms with Gasteiger partial charge >= 0.3 is 0 Å². The first-order chi connectivity index (χ1) is 7.14. The quantitative estimate of drug-likeness (QED) is 0.560. The topological polar surface area (TPSA) is 40.5 Å². The van der Waals surface area contributed by atoms with E-state index in [1.54, 1.807) is 0 Å². The normalized spacial score (nSPS) is 12.1. The summed E-state index contributed by atoms with van der Waals surface area (Å²) in [6.07, 6.45) is -0.958. The van der Waals surface area contributed by atoms with E-state index < -0.39 is 14.2 Å². The van der Waals surface area contributed by atoms with Crippen LogP contribution < -0.4 is 0 Å². The number of aliphatic hydroxyl groups is 2. The highest BCUT2D eigenvalue weighted by atomic mass is 28.3. The molecule has 1 atom stereocenters. The van der Waals surface area contributed by atoms with Crippen LogP contribution in [0.4, 0.5) is 0 Å². The van der Waals surface area contributed by atoms with Crippen LogP contribution in [0, 0.1) is 23.3 Å². The van der Waals surface area contributed by atoms with Crippen LogP contribution in [0.15, 0.2) is 0 Å². The molecule has 0 radical (unpaired) electrons. The van der Waals surface area contributed by atoms with Gasteiger partial charge in [-0.3, -0.25) is 0 Å². The van der Waals surface area contributed by atoms with Crippen molar-refractivity contribution in [1.29, 1.82) is 0 Å². The predicted molar refractivity (Wildman–Crippen MR) is 65.8 cm³/mol. The smallest absolute Gasteiger partial charge is 0.139 e. The highest BCUT2D eigenvalue weighted by Gasteiger charge is 2.23. The minimum absolute atomic E-state index is 0.327. The second-order valence-corrected chi connectivity index (χ2v) is 8.49. The highest BCUT2D eigenvalue weighted by molar-refractivity contribution is 6.87. The molecule has 0 amide bonds. The fraction of sp³-hybridized carbons (Fsp3) is 0.667. The molecule has 0 heterocycles. The number of aliphatic hydroxyl groups excluding tert-OH is 2. The van der Waals surface area contributed by atoms with Crippen molar-refractivity contribution in [3.05, 3.63) is 0 Å². The van der Waals surface area contributed by atoms with Crippen molar-refractivity contribution >= 4 is 8.07 Å². The molecular weight excluding hydrogens is 204 g/mol. The standard InChI is InChI=1S/C12H20O2Si/c1-4-15(5-2,6-3)10-8-7-9-12(14)11-13/h12-14H,4-6,11H2,1-3H3/t12-/m0/s1. The Morgan fingerprint density at radius 2 is 1.60 bits per heavy atom. The molecule has 15 heavy (non-hydrogen) atoms. The van der Waals surface area contributed by atoms with Crippen LogP contribution in [0.3, 0.4) is 0 Å². The molecule has 0 fully saturated rings. The lowest BCUT2D eigenvalue weighted by atomic mass is 10.4. The third kappa shape index (κ3) is 5.04. The van der Waals surface area contributed by atoms with Crippen LogP contribution in [-0.4, -0.2) is 31.0 Å². The lowest BCUT2D eigenvalue weighted by molar-refractivity contribution is 0.138. The second-order valence-electron chi connectivity index (χ2n) is 3.56. The molecule has 0 spiro atoms. The Balaban J connectivity index is 4.52. The third-order valence-electron chi connectivity index (χ3n) is 2.83. The van der Waals surface area contributed by atoms with Gasteiger partial charge in [-0.25, -0.2) is 0 Å². The highest BCUT2D eigenvalue weighted by Crippen LogP contribution is 2.18. The summed E-state index contributed by atoms with van der Waals surface area (Å²) in [5, 5.41) is 17.5. The molecule has 84 valence electrons. The van der Waals surface area contributed by atoms with Gasteiger partial charge in [0.05, 0.1) is 6.61 Å². The Morgan fingerprint density at radius 1 is 1.07 bits per heavy atom. The zero-order chi connectivity index (χ0) is 11.7. The predicted octanol–water partition coefficient (Wildman–Crippen LogP) is 1.39. The average molecular weight is 224 g/mol. The molecule has 2 N–H and O–H groups in total. The van der Waals surface area contributed by atoms with Gasteiger partial charge in [-0.1, -0.05) is 26.7 Å². The molecule has 0 unspecified atom stereocenters. The van der Waals surface area contributed by atoms with Crippen molar-refractivity contribution in [3.63, 3.8) is 0 Å². The minimum Gasteiger partial charge on any atom is -0.393 e. The van der Waals surface area contributed by atoms with Crippen LogP contribution in [0.2, 0.25) is 18.1 Å². The van der Waals surface area contributed by atoms with Gasteiger partial charge in [0.2, 0.25) is 0 Å². The lowest BCUT2D eigenvalue weighted by Gasteiger charge is -2.19. The molecule has 0 aliphatic heterocycles. The zero-order valence-electron chi connectivity index (χ0n) is 9.80. The van der Waals surface area contributed by atoms with Gasteiger partial charge in [0, 0.05) is 0 Å². The van der Waals surface area contributed by atoms with Crippen LogP contribution in [0.1, 0.15) is 20.8 Å². The molecule has 0 saturated carbocycles. The van der Waals surface area contributed by atoms with E-state index in [1.807, 2.05) is 0 Å². The summed E-state index contributed by atoms with van der Waals surface area (Å²) in [7, 11) is -1.41. The largest absolute Gasteiger partial charge is 0.393 e. The number of rotatable bonds is 4. The Morgan fingerprint density at radius 3 is 2.00 bits per heavy atom.